The molecule has 90 valence electrons. The summed E-state index contributed by atoms with van der Waals surface area (Å²) in [5.41, 5.74) is 1.20. The molecule has 0 amide bonds. The smallest absolute Gasteiger partial charge is 0.0386 e. The third kappa shape index (κ3) is 3.14. The second-order valence-corrected chi connectivity index (χ2v) is 5.23. The van der Waals surface area contributed by atoms with E-state index in [1.165, 1.54) is 21.7 Å². The molecule has 0 saturated heterocycles. The lowest BCUT2D eigenvalue weighted by molar-refractivity contribution is 0.578. The zero-order chi connectivity index (χ0) is 12.1. The molecule has 0 aliphatic rings. The molecule has 2 aromatic rings. The van der Waals surface area contributed by atoms with Crippen LogP contribution in [-0.2, 0) is 0 Å². The summed E-state index contributed by atoms with van der Waals surface area (Å²) in [5, 5.41) is 3.51. The molecule has 0 aliphatic heterocycles. The van der Waals surface area contributed by atoms with Crippen molar-refractivity contribution in [1.82, 2.24) is 10.3 Å². The minimum absolute atomic E-state index is 0.436. The van der Waals surface area contributed by atoms with Crippen molar-refractivity contribution < 1.29 is 0 Å². The van der Waals surface area contributed by atoms with Crippen molar-refractivity contribution in [3.05, 3.63) is 41.5 Å². The largest absolute Gasteiger partial charge is 0.309 e. The molecule has 1 atom stereocenters. The molecule has 0 bridgehead atoms. The number of rotatable bonds is 5. The lowest BCUT2D eigenvalue weighted by Gasteiger charge is -2.10. The molecule has 0 aromatic carbocycles. The summed E-state index contributed by atoms with van der Waals surface area (Å²) in [5.74, 6) is 0. The first-order chi connectivity index (χ1) is 8.31. The molecule has 2 nitrogen and oxygen atoms in total. The molecule has 0 spiro atoms. The quantitative estimate of drug-likeness (QED) is 0.866. The summed E-state index contributed by atoms with van der Waals surface area (Å²) in [6.45, 7) is 5.48. The molecule has 2 aromatic heterocycles. The van der Waals surface area contributed by atoms with Gasteiger partial charge in [0, 0.05) is 33.8 Å². The highest BCUT2D eigenvalue weighted by atomic mass is 32.1. The second kappa shape index (κ2) is 5.94. The maximum absolute atomic E-state index is 4.16. The first-order valence-electron chi connectivity index (χ1n) is 6.04. The lowest BCUT2D eigenvalue weighted by atomic mass is 10.2. The monoisotopic (exact) mass is 246 g/mol. The zero-order valence-corrected chi connectivity index (χ0v) is 11.1. The summed E-state index contributed by atoms with van der Waals surface area (Å²) >= 11 is 1.84. The number of hydrogen-bond acceptors (Lipinski definition) is 3. The van der Waals surface area contributed by atoms with Crippen molar-refractivity contribution in [2.45, 2.75) is 26.3 Å². The van der Waals surface area contributed by atoms with Gasteiger partial charge in [0.1, 0.15) is 0 Å². The predicted octanol–water partition coefficient (Wildman–Crippen LogP) is 3.87. The van der Waals surface area contributed by atoms with E-state index in [9.17, 15) is 0 Å². The van der Waals surface area contributed by atoms with E-state index >= 15 is 0 Å². The van der Waals surface area contributed by atoms with E-state index in [1.54, 1.807) is 0 Å². The highest BCUT2D eigenvalue weighted by Gasteiger charge is 2.08. The van der Waals surface area contributed by atoms with Gasteiger partial charge in [-0.2, -0.15) is 0 Å². The fraction of sp³-hybridized carbons (Fsp3) is 0.357. The first-order valence-corrected chi connectivity index (χ1v) is 6.86. The Bertz CT molecular complexity index is 450. The molecule has 0 fully saturated rings. The van der Waals surface area contributed by atoms with Gasteiger partial charge in [-0.25, -0.2) is 0 Å². The van der Waals surface area contributed by atoms with Gasteiger partial charge in [0.25, 0.3) is 0 Å². The van der Waals surface area contributed by atoms with Crippen molar-refractivity contribution in [3.63, 3.8) is 0 Å². The number of pyridine rings is 1. The van der Waals surface area contributed by atoms with Gasteiger partial charge >= 0.3 is 0 Å². The van der Waals surface area contributed by atoms with Gasteiger partial charge < -0.3 is 5.32 Å². The van der Waals surface area contributed by atoms with Crippen LogP contribution in [0.3, 0.4) is 0 Å². The molecule has 0 radical (unpaired) electrons. The van der Waals surface area contributed by atoms with Crippen LogP contribution in [0.4, 0.5) is 0 Å². The normalized spacial score (nSPS) is 12.6. The van der Waals surface area contributed by atoms with Crippen LogP contribution >= 0.6 is 11.3 Å². The van der Waals surface area contributed by atoms with E-state index in [2.05, 4.69) is 42.3 Å². The molecule has 0 aliphatic carbocycles. The van der Waals surface area contributed by atoms with Crippen LogP contribution < -0.4 is 5.32 Å². The lowest BCUT2D eigenvalue weighted by Crippen LogP contribution is -2.18. The van der Waals surface area contributed by atoms with Gasteiger partial charge in [0.15, 0.2) is 0 Å². The third-order valence-corrected chi connectivity index (χ3v) is 4.02. The van der Waals surface area contributed by atoms with Crippen LogP contribution in [-0.4, -0.2) is 11.5 Å². The van der Waals surface area contributed by atoms with Gasteiger partial charge in [0.05, 0.1) is 0 Å². The minimum Gasteiger partial charge on any atom is -0.309 e. The summed E-state index contributed by atoms with van der Waals surface area (Å²) in [4.78, 5) is 6.83. The average molecular weight is 246 g/mol. The fourth-order valence-corrected chi connectivity index (χ4v) is 2.74. The van der Waals surface area contributed by atoms with Crippen molar-refractivity contribution >= 4 is 11.3 Å². The van der Waals surface area contributed by atoms with E-state index in [-0.39, 0.29) is 0 Å². The third-order valence-electron chi connectivity index (χ3n) is 2.70. The molecule has 1 N–H and O–H groups in total. The van der Waals surface area contributed by atoms with Gasteiger partial charge in [-0.15, -0.1) is 11.3 Å². The summed E-state index contributed by atoms with van der Waals surface area (Å²) in [6.07, 6.45) is 4.90. The van der Waals surface area contributed by atoms with Gasteiger partial charge in [0.2, 0.25) is 0 Å². The van der Waals surface area contributed by atoms with E-state index in [0.717, 1.165) is 6.54 Å². The maximum atomic E-state index is 4.16. The van der Waals surface area contributed by atoms with Crippen molar-refractivity contribution in [2.75, 3.05) is 6.54 Å². The highest BCUT2D eigenvalue weighted by molar-refractivity contribution is 7.15. The van der Waals surface area contributed by atoms with E-state index in [0.29, 0.717) is 6.04 Å². The van der Waals surface area contributed by atoms with Gasteiger partial charge in [-0.3, -0.25) is 4.98 Å². The Morgan fingerprint density at radius 3 is 2.94 bits per heavy atom. The SMILES string of the molecule is CCCNC(C)c1ccc(-c2cccnc2)s1. The van der Waals surface area contributed by atoms with Crippen LogP contribution in [0.2, 0.25) is 0 Å². The van der Waals surface area contributed by atoms with Crippen molar-refractivity contribution in [1.29, 1.82) is 0 Å². The molecule has 3 heteroatoms. The Hall–Kier alpha value is -1.19. The number of hydrogen-bond donors (Lipinski definition) is 1. The Balaban J connectivity index is 2.11. The standard InChI is InChI=1S/C14H18N2S/c1-3-8-16-11(2)13-6-7-14(17-13)12-5-4-9-15-10-12/h4-7,9-11,16H,3,8H2,1-2H3. The molecular weight excluding hydrogens is 228 g/mol. The van der Waals surface area contributed by atoms with E-state index in [1.807, 2.05) is 29.8 Å². The number of thiophene rings is 1. The Labute approximate surface area is 107 Å². The van der Waals surface area contributed by atoms with Crippen LogP contribution in [0.25, 0.3) is 10.4 Å². The topological polar surface area (TPSA) is 24.9 Å². The predicted molar refractivity (Wildman–Crippen MR) is 74.3 cm³/mol. The van der Waals surface area contributed by atoms with Gasteiger partial charge in [-0.05, 0) is 38.1 Å². The summed E-state index contributed by atoms with van der Waals surface area (Å²) < 4.78 is 0. The van der Waals surface area contributed by atoms with E-state index in [4.69, 9.17) is 0 Å². The summed E-state index contributed by atoms with van der Waals surface area (Å²) in [6, 6.07) is 8.91. The Kier molecular flexibility index (Phi) is 4.29. The number of nitrogens with zero attached hydrogens (tertiary/aromatic N) is 1. The zero-order valence-electron chi connectivity index (χ0n) is 10.3. The van der Waals surface area contributed by atoms with Crippen LogP contribution in [0.1, 0.15) is 31.2 Å². The average Bonchev–Trinajstić information content (AvgIpc) is 2.86. The molecular formula is C14H18N2S. The molecule has 0 saturated carbocycles. The Morgan fingerprint density at radius 1 is 1.35 bits per heavy atom. The van der Waals surface area contributed by atoms with E-state index < -0.39 is 0 Å². The van der Waals surface area contributed by atoms with Crippen LogP contribution in [0.5, 0.6) is 0 Å². The van der Waals surface area contributed by atoms with Crippen molar-refractivity contribution in [3.8, 4) is 10.4 Å². The number of nitrogens with one attached hydrogen (secondary N) is 1. The fourth-order valence-electron chi connectivity index (χ4n) is 1.71. The van der Waals surface area contributed by atoms with Crippen LogP contribution in [0.15, 0.2) is 36.7 Å². The highest BCUT2D eigenvalue weighted by Crippen LogP contribution is 2.30. The molecule has 2 heterocycles. The molecule has 1 unspecified atom stereocenters. The minimum atomic E-state index is 0.436. The van der Waals surface area contributed by atoms with Crippen LogP contribution in [0, 0.1) is 0 Å². The molecule has 2 rings (SSSR count). The maximum Gasteiger partial charge on any atom is 0.0386 e. The first kappa shape index (κ1) is 12.3. The van der Waals surface area contributed by atoms with Crippen molar-refractivity contribution in [2.24, 2.45) is 0 Å². The Morgan fingerprint density at radius 2 is 2.24 bits per heavy atom. The number of aromatic nitrogens is 1. The van der Waals surface area contributed by atoms with Gasteiger partial charge in [-0.1, -0.05) is 13.0 Å². The second-order valence-electron chi connectivity index (χ2n) is 4.12. The summed E-state index contributed by atoms with van der Waals surface area (Å²) in [7, 11) is 0. The molecule has 17 heavy (non-hydrogen) atoms.